The van der Waals surface area contributed by atoms with Gasteiger partial charge in [0.2, 0.25) is 0 Å². The van der Waals surface area contributed by atoms with Gasteiger partial charge in [0, 0.05) is 6.04 Å². The van der Waals surface area contributed by atoms with Gasteiger partial charge in [-0.15, -0.1) is 0 Å². The van der Waals surface area contributed by atoms with Crippen LogP contribution in [0.3, 0.4) is 0 Å². The smallest absolute Gasteiger partial charge is 0.152 e. The first kappa shape index (κ1) is 13.2. The van der Waals surface area contributed by atoms with E-state index in [1.54, 1.807) is 0 Å². The first-order valence-corrected chi connectivity index (χ1v) is 8.01. The van der Waals surface area contributed by atoms with Crippen molar-refractivity contribution < 1.29 is 13.2 Å². The average molecular weight is 269 g/mol. The fraction of sp³-hybridized carbons (Fsp3) is 0.538. The topological polar surface area (TPSA) is 55.4 Å². The van der Waals surface area contributed by atoms with Crippen LogP contribution in [0.25, 0.3) is 0 Å². The van der Waals surface area contributed by atoms with E-state index >= 15 is 0 Å². The molecular weight excluding hydrogens is 250 g/mol. The molecule has 2 rings (SSSR count). The van der Waals surface area contributed by atoms with Gasteiger partial charge in [-0.1, -0.05) is 12.1 Å². The largest absolute Gasteiger partial charge is 0.489 e. The molecule has 1 aromatic rings. The molecule has 1 aliphatic heterocycles. The Morgan fingerprint density at radius 3 is 2.67 bits per heavy atom. The van der Waals surface area contributed by atoms with Crippen molar-refractivity contribution in [2.75, 3.05) is 16.8 Å². The van der Waals surface area contributed by atoms with E-state index < -0.39 is 9.84 Å². The zero-order valence-electron chi connectivity index (χ0n) is 10.7. The highest BCUT2D eigenvalue weighted by atomic mass is 32.2. The monoisotopic (exact) mass is 269 g/mol. The molecule has 1 atom stereocenters. The number of sulfone groups is 1. The fourth-order valence-corrected chi connectivity index (χ4v) is 3.74. The molecule has 1 N–H and O–H groups in total. The van der Waals surface area contributed by atoms with Gasteiger partial charge in [-0.25, -0.2) is 8.42 Å². The Labute approximate surface area is 108 Å². The average Bonchev–Trinajstić information content (AvgIpc) is 2.60. The van der Waals surface area contributed by atoms with Crippen LogP contribution in [0.2, 0.25) is 0 Å². The Bertz CT molecular complexity index is 511. The number of benzene rings is 1. The summed E-state index contributed by atoms with van der Waals surface area (Å²) in [5.41, 5.74) is 0.869. The minimum atomic E-state index is -2.85. The summed E-state index contributed by atoms with van der Waals surface area (Å²) >= 11 is 0. The van der Waals surface area contributed by atoms with Crippen molar-refractivity contribution in [1.82, 2.24) is 0 Å². The lowest BCUT2D eigenvalue weighted by atomic mass is 10.2. The highest BCUT2D eigenvalue weighted by molar-refractivity contribution is 7.91. The number of hydrogen-bond donors (Lipinski definition) is 1. The van der Waals surface area contributed by atoms with E-state index in [9.17, 15) is 8.42 Å². The van der Waals surface area contributed by atoms with Gasteiger partial charge in [0.25, 0.3) is 0 Å². The molecule has 0 radical (unpaired) electrons. The quantitative estimate of drug-likeness (QED) is 0.909. The van der Waals surface area contributed by atoms with Crippen LogP contribution in [0, 0.1) is 0 Å². The van der Waals surface area contributed by atoms with Crippen molar-refractivity contribution in [2.45, 2.75) is 32.4 Å². The predicted octanol–water partition coefficient (Wildman–Crippen LogP) is 2.07. The van der Waals surface area contributed by atoms with Gasteiger partial charge < -0.3 is 10.1 Å². The Kier molecular flexibility index (Phi) is 3.80. The zero-order valence-corrected chi connectivity index (χ0v) is 11.5. The molecule has 0 bridgehead atoms. The molecule has 5 heteroatoms. The number of nitrogens with one attached hydrogen (secondary N) is 1. The molecule has 0 amide bonds. The normalized spacial score (nSPS) is 22.1. The summed E-state index contributed by atoms with van der Waals surface area (Å²) in [5, 5.41) is 3.27. The number of hydrogen-bond acceptors (Lipinski definition) is 4. The Hall–Kier alpha value is -1.23. The maximum absolute atomic E-state index is 11.4. The molecule has 100 valence electrons. The number of anilines is 1. The molecule has 0 spiro atoms. The SMILES string of the molecule is CC(C)Oc1ccccc1NC1CCS(=O)(=O)C1. The number of rotatable bonds is 4. The zero-order chi connectivity index (χ0) is 13.2. The molecule has 0 aromatic heterocycles. The minimum Gasteiger partial charge on any atom is -0.489 e. The van der Waals surface area contributed by atoms with Crippen molar-refractivity contribution in [2.24, 2.45) is 0 Å². The molecule has 0 aliphatic carbocycles. The molecule has 1 aliphatic rings. The maximum Gasteiger partial charge on any atom is 0.152 e. The molecule has 1 saturated heterocycles. The molecule has 4 nitrogen and oxygen atoms in total. The summed E-state index contributed by atoms with van der Waals surface area (Å²) in [5.74, 6) is 1.26. The van der Waals surface area contributed by atoms with Gasteiger partial charge in [-0.2, -0.15) is 0 Å². The van der Waals surface area contributed by atoms with E-state index in [0.717, 1.165) is 11.4 Å². The standard InChI is InChI=1S/C13H19NO3S/c1-10(2)17-13-6-4-3-5-12(13)14-11-7-8-18(15,16)9-11/h3-6,10-11,14H,7-9H2,1-2H3. The third kappa shape index (κ3) is 3.38. The minimum absolute atomic E-state index is 0.00749. The van der Waals surface area contributed by atoms with Crippen LogP contribution in [0.4, 0.5) is 5.69 Å². The van der Waals surface area contributed by atoms with Crippen LogP contribution in [-0.4, -0.2) is 32.1 Å². The van der Waals surface area contributed by atoms with Gasteiger partial charge >= 0.3 is 0 Å². The van der Waals surface area contributed by atoms with Gasteiger partial charge in [-0.3, -0.25) is 0 Å². The fourth-order valence-electron chi connectivity index (χ4n) is 2.07. The Balaban J connectivity index is 2.09. The molecule has 1 heterocycles. The lowest BCUT2D eigenvalue weighted by Gasteiger charge is -2.18. The van der Waals surface area contributed by atoms with E-state index in [4.69, 9.17) is 4.74 Å². The second-order valence-corrected chi connectivity index (χ2v) is 7.14. The third-order valence-corrected chi connectivity index (χ3v) is 4.61. The van der Waals surface area contributed by atoms with E-state index in [-0.39, 0.29) is 23.7 Å². The van der Waals surface area contributed by atoms with Crippen LogP contribution in [-0.2, 0) is 9.84 Å². The summed E-state index contributed by atoms with van der Waals surface area (Å²) in [6.45, 7) is 3.94. The first-order chi connectivity index (χ1) is 8.46. The summed E-state index contributed by atoms with van der Waals surface area (Å²) in [6, 6.07) is 7.63. The Morgan fingerprint density at radius 1 is 1.33 bits per heavy atom. The van der Waals surface area contributed by atoms with Gasteiger partial charge in [0.15, 0.2) is 9.84 Å². The third-order valence-electron chi connectivity index (χ3n) is 2.84. The van der Waals surface area contributed by atoms with Crippen molar-refractivity contribution >= 4 is 15.5 Å². The predicted molar refractivity (Wildman–Crippen MR) is 72.9 cm³/mol. The summed E-state index contributed by atoms with van der Waals surface area (Å²) < 4.78 is 28.5. The van der Waals surface area contributed by atoms with E-state index in [0.29, 0.717) is 6.42 Å². The van der Waals surface area contributed by atoms with Gasteiger partial charge in [-0.05, 0) is 32.4 Å². The highest BCUT2D eigenvalue weighted by Crippen LogP contribution is 2.27. The van der Waals surface area contributed by atoms with Crippen molar-refractivity contribution in [3.63, 3.8) is 0 Å². The van der Waals surface area contributed by atoms with Crippen molar-refractivity contribution in [3.8, 4) is 5.75 Å². The van der Waals surface area contributed by atoms with Crippen LogP contribution in [0.5, 0.6) is 5.75 Å². The molecule has 18 heavy (non-hydrogen) atoms. The van der Waals surface area contributed by atoms with Crippen LogP contribution >= 0.6 is 0 Å². The van der Waals surface area contributed by atoms with Crippen LogP contribution < -0.4 is 10.1 Å². The summed E-state index contributed by atoms with van der Waals surface area (Å²) in [4.78, 5) is 0. The molecule has 1 unspecified atom stereocenters. The highest BCUT2D eigenvalue weighted by Gasteiger charge is 2.28. The van der Waals surface area contributed by atoms with E-state index in [1.165, 1.54) is 0 Å². The van der Waals surface area contributed by atoms with Crippen molar-refractivity contribution in [1.29, 1.82) is 0 Å². The maximum atomic E-state index is 11.4. The van der Waals surface area contributed by atoms with Crippen LogP contribution in [0.1, 0.15) is 20.3 Å². The molecular formula is C13H19NO3S. The van der Waals surface area contributed by atoms with E-state index in [2.05, 4.69) is 5.32 Å². The van der Waals surface area contributed by atoms with Crippen molar-refractivity contribution in [3.05, 3.63) is 24.3 Å². The van der Waals surface area contributed by atoms with Crippen LogP contribution in [0.15, 0.2) is 24.3 Å². The molecule has 0 saturated carbocycles. The van der Waals surface area contributed by atoms with Gasteiger partial charge in [0.05, 0.1) is 23.3 Å². The van der Waals surface area contributed by atoms with E-state index in [1.807, 2.05) is 38.1 Å². The van der Waals surface area contributed by atoms with Gasteiger partial charge in [0.1, 0.15) is 5.75 Å². The molecule has 1 aromatic carbocycles. The second kappa shape index (κ2) is 5.18. The second-order valence-electron chi connectivity index (χ2n) is 4.91. The lowest BCUT2D eigenvalue weighted by Crippen LogP contribution is -2.21. The lowest BCUT2D eigenvalue weighted by molar-refractivity contribution is 0.243. The first-order valence-electron chi connectivity index (χ1n) is 6.19. The number of para-hydroxylation sites is 2. The number of ether oxygens (including phenoxy) is 1. The Morgan fingerprint density at radius 2 is 2.06 bits per heavy atom. The summed E-state index contributed by atoms with van der Waals surface area (Å²) in [6.07, 6.45) is 0.762. The molecule has 1 fully saturated rings. The summed E-state index contributed by atoms with van der Waals surface area (Å²) in [7, 11) is -2.85.